The van der Waals surface area contributed by atoms with E-state index < -0.39 is 0 Å². The van der Waals surface area contributed by atoms with E-state index >= 15 is 0 Å². The molecule has 20 heavy (non-hydrogen) atoms. The van der Waals surface area contributed by atoms with Crippen LogP contribution in [-0.2, 0) is 6.42 Å². The molecule has 0 radical (unpaired) electrons. The average Bonchev–Trinajstić information content (AvgIpc) is 2.42. The Bertz CT molecular complexity index is 613. The van der Waals surface area contributed by atoms with E-state index in [1.54, 1.807) is 12.1 Å². The molecule has 0 bridgehead atoms. The normalized spacial score (nSPS) is 12.4. The summed E-state index contributed by atoms with van der Waals surface area (Å²) in [6.07, 6.45) is 0.624. The standard InChI is InChI=1S/C16H18BrFN2/c1-10-3-4-11(2)14(7-10)16(20-19)9-12-8-13(18)5-6-15(12)17/h3-8,16,20H,9,19H2,1-2H3. The van der Waals surface area contributed by atoms with Crippen LogP contribution < -0.4 is 11.3 Å². The van der Waals surface area contributed by atoms with E-state index in [0.29, 0.717) is 6.42 Å². The van der Waals surface area contributed by atoms with Crippen molar-refractivity contribution in [1.29, 1.82) is 0 Å². The summed E-state index contributed by atoms with van der Waals surface area (Å²) in [6, 6.07) is 10.9. The van der Waals surface area contributed by atoms with Gasteiger partial charge in [-0.25, -0.2) is 4.39 Å². The first-order valence-corrected chi connectivity index (χ1v) is 7.27. The fourth-order valence-corrected chi connectivity index (χ4v) is 2.72. The Balaban J connectivity index is 2.33. The van der Waals surface area contributed by atoms with Crippen molar-refractivity contribution in [2.45, 2.75) is 26.3 Å². The monoisotopic (exact) mass is 336 g/mol. The van der Waals surface area contributed by atoms with Gasteiger partial charge in [-0.15, -0.1) is 0 Å². The zero-order chi connectivity index (χ0) is 14.7. The molecule has 106 valence electrons. The van der Waals surface area contributed by atoms with Gasteiger partial charge < -0.3 is 0 Å². The summed E-state index contributed by atoms with van der Waals surface area (Å²) < 4.78 is 14.3. The lowest BCUT2D eigenvalue weighted by Crippen LogP contribution is -2.30. The molecule has 0 aliphatic carbocycles. The van der Waals surface area contributed by atoms with Crippen LogP contribution in [0, 0.1) is 19.7 Å². The van der Waals surface area contributed by atoms with Gasteiger partial charge in [0.15, 0.2) is 0 Å². The van der Waals surface area contributed by atoms with Crippen molar-refractivity contribution in [2.24, 2.45) is 5.84 Å². The molecule has 0 amide bonds. The van der Waals surface area contributed by atoms with Crippen molar-refractivity contribution < 1.29 is 4.39 Å². The Morgan fingerprint density at radius 3 is 2.65 bits per heavy atom. The van der Waals surface area contributed by atoms with E-state index in [1.165, 1.54) is 17.2 Å². The number of nitrogens with one attached hydrogen (secondary N) is 1. The molecule has 4 heteroatoms. The summed E-state index contributed by atoms with van der Waals surface area (Å²) in [6.45, 7) is 4.11. The highest BCUT2D eigenvalue weighted by atomic mass is 79.9. The fourth-order valence-electron chi connectivity index (χ4n) is 2.31. The molecular formula is C16H18BrFN2. The van der Waals surface area contributed by atoms with Gasteiger partial charge in [-0.2, -0.15) is 0 Å². The quantitative estimate of drug-likeness (QED) is 0.655. The number of halogens is 2. The van der Waals surface area contributed by atoms with Crippen molar-refractivity contribution in [3.8, 4) is 0 Å². The molecule has 1 unspecified atom stereocenters. The number of benzene rings is 2. The van der Waals surface area contributed by atoms with Gasteiger partial charge in [0.25, 0.3) is 0 Å². The highest BCUT2D eigenvalue weighted by Gasteiger charge is 2.15. The van der Waals surface area contributed by atoms with Crippen LogP contribution in [0.15, 0.2) is 40.9 Å². The Kier molecular flexibility index (Phi) is 4.91. The maximum Gasteiger partial charge on any atom is 0.123 e. The largest absolute Gasteiger partial charge is 0.271 e. The number of rotatable bonds is 4. The molecule has 3 N–H and O–H groups in total. The van der Waals surface area contributed by atoms with Gasteiger partial charge in [0.2, 0.25) is 0 Å². The lowest BCUT2D eigenvalue weighted by molar-refractivity contribution is 0.545. The number of nitrogens with two attached hydrogens (primary N) is 1. The molecule has 0 heterocycles. The van der Waals surface area contributed by atoms with Crippen LogP contribution in [0.1, 0.15) is 28.3 Å². The summed E-state index contributed by atoms with van der Waals surface area (Å²) in [7, 11) is 0. The minimum atomic E-state index is -0.236. The number of hydrogen-bond acceptors (Lipinski definition) is 2. The first-order chi connectivity index (χ1) is 9.51. The lowest BCUT2D eigenvalue weighted by atomic mass is 9.94. The molecule has 0 saturated carbocycles. The predicted molar refractivity (Wildman–Crippen MR) is 83.8 cm³/mol. The summed E-state index contributed by atoms with van der Waals surface area (Å²) in [4.78, 5) is 0. The van der Waals surface area contributed by atoms with Gasteiger partial charge in [0.1, 0.15) is 5.82 Å². The molecule has 1 atom stereocenters. The Labute approximate surface area is 127 Å². The molecule has 2 aromatic carbocycles. The molecule has 0 saturated heterocycles. The lowest BCUT2D eigenvalue weighted by Gasteiger charge is -2.20. The summed E-state index contributed by atoms with van der Waals surface area (Å²) >= 11 is 3.46. The van der Waals surface area contributed by atoms with E-state index in [1.807, 2.05) is 0 Å². The van der Waals surface area contributed by atoms with Crippen molar-refractivity contribution in [2.75, 3.05) is 0 Å². The topological polar surface area (TPSA) is 38.0 Å². The zero-order valence-corrected chi connectivity index (χ0v) is 13.2. The number of aryl methyl sites for hydroxylation is 2. The van der Waals surface area contributed by atoms with E-state index in [9.17, 15) is 4.39 Å². The summed E-state index contributed by atoms with van der Waals surface area (Å²) in [5, 5.41) is 0. The van der Waals surface area contributed by atoms with Crippen molar-refractivity contribution in [1.82, 2.24) is 5.43 Å². The van der Waals surface area contributed by atoms with Crippen molar-refractivity contribution in [3.05, 3.63) is 68.9 Å². The second kappa shape index (κ2) is 6.48. The van der Waals surface area contributed by atoms with E-state index in [0.717, 1.165) is 15.6 Å². The number of hydrogen-bond donors (Lipinski definition) is 2. The second-order valence-corrected chi connectivity index (χ2v) is 5.87. The molecular weight excluding hydrogens is 319 g/mol. The number of hydrazine groups is 1. The minimum absolute atomic E-state index is 0.0481. The van der Waals surface area contributed by atoms with Crippen molar-refractivity contribution >= 4 is 15.9 Å². The second-order valence-electron chi connectivity index (χ2n) is 5.02. The van der Waals surface area contributed by atoms with Gasteiger partial charge in [-0.1, -0.05) is 39.7 Å². The molecule has 2 aromatic rings. The Morgan fingerprint density at radius 1 is 1.20 bits per heavy atom. The molecule has 0 aliphatic heterocycles. The third-order valence-electron chi connectivity index (χ3n) is 3.44. The van der Waals surface area contributed by atoms with Crippen molar-refractivity contribution in [3.63, 3.8) is 0 Å². The first-order valence-electron chi connectivity index (χ1n) is 6.48. The van der Waals surface area contributed by atoms with Crippen LogP contribution in [0.5, 0.6) is 0 Å². The maximum absolute atomic E-state index is 13.4. The highest BCUT2D eigenvalue weighted by Crippen LogP contribution is 2.26. The minimum Gasteiger partial charge on any atom is -0.271 e. The van der Waals surface area contributed by atoms with Gasteiger partial charge in [0.05, 0.1) is 6.04 Å². The van der Waals surface area contributed by atoms with Crippen LogP contribution in [-0.4, -0.2) is 0 Å². The van der Waals surface area contributed by atoms with Gasteiger partial charge in [-0.3, -0.25) is 11.3 Å². The maximum atomic E-state index is 13.4. The van der Waals surface area contributed by atoms with Gasteiger partial charge in [-0.05, 0) is 55.2 Å². The van der Waals surface area contributed by atoms with Crippen LogP contribution in [0.2, 0.25) is 0 Å². The SMILES string of the molecule is Cc1ccc(C)c(C(Cc2cc(F)ccc2Br)NN)c1. The van der Waals surface area contributed by atoms with Crippen LogP contribution in [0.25, 0.3) is 0 Å². The Morgan fingerprint density at radius 2 is 1.95 bits per heavy atom. The molecule has 2 rings (SSSR count). The summed E-state index contributed by atoms with van der Waals surface area (Å²) in [5.74, 6) is 5.46. The third-order valence-corrected chi connectivity index (χ3v) is 4.22. The zero-order valence-electron chi connectivity index (χ0n) is 11.6. The average molecular weight is 337 g/mol. The fraction of sp³-hybridized carbons (Fsp3) is 0.250. The van der Waals surface area contributed by atoms with Crippen LogP contribution >= 0.6 is 15.9 Å². The summed E-state index contributed by atoms with van der Waals surface area (Å²) in [5.41, 5.74) is 7.23. The van der Waals surface area contributed by atoms with E-state index in [-0.39, 0.29) is 11.9 Å². The van der Waals surface area contributed by atoms with Gasteiger partial charge in [0, 0.05) is 4.47 Å². The molecule has 0 aromatic heterocycles. The molecule has 0 spiro atoms. The smallest absolute Gasteiger partial charge is 0.123 e. The van der Waals surface area contributed by atoms with E-state index in [2.05, 4.69) is 53.4 Å². The highest BCUT2D eigenvalue weighted by molar-refractivity contribution is 9.10. The molecule has 0 fully saturated rings. The van der Waals surface area contributed by atoms with Gasteiger partial charge >= 0.3 is 0 Å². The molecule has 0 aliphatic rings. The predicted octanol–water partition coefficient (Wildman–Crippen LogP) is 3.95. The van der Waals surface area contributed by atoms with E-state index in [4.69, 9.17) is 5.84 Å². The van der Waals surface area contributed by atoms with Crippen LogP contribution in [0.3, 0.4) is 0 Å². The molecule has 2 nitrogen and oxygen atoms in total. The third kappa shape index (κ3) is 3.45. The first kappa shape index (κ1) is 15.2. The van der Waals surface area contributed by atoms with Crippen LogP contribution in [0.4, 0.5) is 4.39 Å². The Hall–Kier alpha value is -1.23.